The van der Waals surface area contributed by atoms with E-state index in [1.165, 1.54) is 12.1 Å². The van der Waals surface area contributed by atoms with Crippen LogP contribution in [0.1, 0.15) is 31.1 Å². The molecule has 1 saturated heterocycles. The molecule has 0 radical (unpaired) electrons. The fraction of sp³-hybridized carbons (Fsp3) is 0.417. The number of hydrogen-bond donors (Lipinski definition) is 1. The van der Waals surface area contributed by atoms with Gasteiger partial charge in [0.1, 0.15) is 0 Å². The Hall–Kier alpha value is -3.60. The molecule has 11 heteroatoms. The van der Waals surface area contributed by atoms with Crippen LogP contribution in [-0.2, 0) is 0 Å². The molecule has 1 aliphatic rings. The van der Waals surface area contributed by atoms with E-state index in [0.717, 1.165) is 5.69 Å². The molecule has 2 aromatic carbocycles. The molecule has 188 valence electrons. The third-order valence-corrected chi connectivity index (χ3v) is 5.74. The Bertz CT molecular complexity index is 1030. The lowest BCUT2D eigenvalue weighted by Crippen LogP contribution is -2.52. The van der Waals surface area contributed by atoms with E-state index in [4.69, 9.17) is 26.4 Å². The first-order chi connectivity index (χ1) is 16.9. The molecule has 0 atom stereocenters. The second-order valence-electron chi connectivity index (χ2n) is 7.61. The van der Waals surface area contributed by atoms with E-state index >= 15 is 0 Å². The van der Waals surface area contributed by atoms with Crippen molar-refractivity contribution in [1.82, 2.24) is 10.2 Å². The summed E-state index contributed by atoms with van der Waals surface area (Å²) in [6, 6.07) is 9.73. The molecule has 10 nitrogen and oxygen atoms in total. The maximum Gasteiger partial charge on any atom is 0.269 e. The number of thiocarbonyl (C=S) groups is 1. The zero-order valence-corrected chi connectivity index (χ0v) is 20.9. The summed E-state index contributed by atoms with van der Waals surface area (Å²) in [5, 5.41) is 14.0. The molecule has 1 N–H and O–H groups in total. The average Bonchev–Trinajstić information content (AvgIpc) is 2.86. The summed E-state index contributed by atoms with van der Waals surface area (Å²) in [7, 11) is 0. The number of nitro groups is 1. The van der Waals surface area contributed by atoms with Gasteiger partial charge in [-0.05, 0) is 57.3 Å². The number of amides is 1. The van der Waals surface area contributed by atoms with E-state index in [9.17, 15) is 14.9 Å². The van der Waals surface area contributed by atoms with Crippen molar-refractivity contribution in [3.63, 3.8) is 0 Å². The predicted molar refractivity (Wildman–Crippen MR) is 137 cm³/mol. The van der Waals surface area contributed by atoms with Crippen LogP contribution in [0.15, 0.2) is 36.4 Å². The van der Waals surface area contributed by atoms with Gasteiger partial charge in [-0.3, -0.25) is 20.2 Å². The van der Waals surface area contributed by atoms with Crippen molar-refractivity contribution in [3.8, 4) is 17.2 Å². The number of carbonyl (C=O) groups excluding carboxylic acids is 1. The highest BCUT2D eigenvalue weighted by molar-refractivity contribution is 7.80. The van der Waals surface area contributed by atoms with Crippen LogP contribution >= 0.6 is 12.2 Å². The SMILES string of the molecule is CCOc1cc(C(=O)NC(=S)N2CCN(c3ccc([N+](=O)[O-])cc3)CC2)cc(OCC)c1OCC. The largest absolute Gasteiger partial charge is 0.490 e. The number of rotatable bonds is 9. The molecule has 3 rings (SSSR count). The maximum absolute atomic E-state index is 13.0. The van der Waals surface area contributed by atoms with Gasteiger partial charge in [-0.15, -0.1) is 0 Å². The number of carbonyl (C=O) groups is 1. The minimum Gasteiger partial charge on any atom is -0.490 e. The van der Waals surface area contributed by atoms with Crippen LogP contribution in [-0.4, -0.2) is 66.8 Å². The van der Waals surface area contributed by atoms with Crippen LogP contribution in [0.5, 0.6) is 17.2 Å². The van der Waals surface area contributed by atoms with Gasteiger partial charge in [0, 0.05) is 49.6 Å². The molecule has 0 saturated carbocycles. The van der Waals surface area contributed by atoms with Crippen molar-refractivity contribution in [1.29, 1.82) is 0 Å². The first-order valence-electron chi connectivity index (χ1n) is 11.5. The van der Waals surface area contributed by atoms with Crippen molar-refractivity contribution >= 4 is 34.6 Å². The van der Waals surface area contributed by atoms with Crippen LogP contribution in [0.2, 0.25) is 0 Å². The minimum absolute atomic E-state index is 0.0607. The Kier molecular flexibility index (Phi) is 9.07. The molecule has 1 fully saturated rings. The molecule has 1 heterocycles. The predicted octanol–water partition coefficient (Wildman–Crippen LogP) is 3.63. The molecule has 0 aliphatic carbocycles. The van der Waals surface area contributed by atoms with Crippen molar-refractivity contribution in [2.45, 2.75) is 20.8 Å². The third kappa shape index (κ3) is 6.50. The Labute approximate surface area is 209 Å². The molecule has 1 amide bonds. The number of ether oxygens (including phenoxy) is 3. The summed E-state index contributed by atoms with van der Waals surface area (Å²) >= 11 is 5.50. The molecular formula is C24H30N4O6S. The number of nitro benzene ring substituents is 1. The number of benzene rings is 2. The molecule has 35 heavy (non-hydrogen) atoms. The topological polar surface area (TPSA) is 106 Å². The lowest BCUT2D eigenvalue weighted by Gasteiger charge is -2.37. The van der Waals surface area contributed by atoms with E-state index in [1.807, 2.05) is 25.7 Å². The van der Waals surface area contributed by atoms with Gasteiger partial charge in [0.05, 0.1) is 24.7 Å². The van der Waals surface area contributed by atoms with Gasteiger partial charge in [0.15, 0.2) is 16.6 Å². The Morgan fingerprint density at radius 3 is 2.00 bits per heavy atom. The van der Waals surface area contributed by atoms with Crippen LogP contribution in [0.3, 0.4) is 0 Å². The normalized spacial score (nSPS) is 13.2. The van der Waals surface area contributed by atoms with Crippen molar-refractivity contribution < 1.29 is 23.9 Å². The highest BCUT2D eigenvalue weighted by atomic mass is 32.1. The maximum atomic E-state index is 13.0. The Morgan fingerprint density at radius 2 is 1.51 bits per heavy atom. The average molecular weight is 503 g/mol. The second kappa shape index (κ2) is 12.2. The summed E-state index contributed by atoms with van der Waals surface area (Å²) in [6.07, 6.45) is 0. The van der Waals surface area contributed by atoms with Crippen LogP contribution < -0.4 is 24.4 Å². The number of piperazine rings is 1. The van der Waals surface area contributed by atoms with Crippen molar-refractivity contribution in [2.24, 2.45) is 0 Å². The molecule has 0 bridgehead atoms. The van der Waals surface area contributed by atoms with Gasteiger partial charge < -0.3 is 24.0 Å². The second-order valence-corrected chi connectivity index (χ2v) is 7.99. The number of hydrogen-bond acceptors (Lipinski definition) is 8. The Balaban J connectivity index is 1.65. The van der Waals surface area contributed by atoms with E-state index in [1.54, 1.807) is 24.3 Å². The summed E-state index contributed by atoms with van der Waals surface area (Å²) < 4.78 is 17.1. The smallest absolute Gasteiger partial charge is 0.269 e. The first-order valence-corrected chi connectivity index (χ1v) is 11.9. The number of nitrogens with one attached hydrogen (secondary N) is 1. The summed E-state index contributed by atoms with van der Waals surface area (Å²) in [5.74, 6) is 0.983. The van der Waals surface area contributed by atoms with Crippen LogP contribution in [0, 0.1) is 10.1 Å². The lowest BCUT2D eigenvalue weighted by molar-refractivity contribution is -0.384. The monoisotopic (exact) mass is 502 g/mol. The summed E-state index contributed by atoms with van der Waals surface area (Å²) in [4.78, 5) is 27.5. The van der Waals surface area contributed by atoms with Gasteiger partial charge in [-0.25, -0.2) is 0 Å². The van der Waals surface area contributed by atoms with Gasteiger partial charge in [0.25, 0.3) is 11.6 Å². The molecule has 0 spiro atoms. The van der Waals surface area contributed by atoms with E-state index < -0.39 is 4.92 Å². The Morgan fingerprint density at radius 1 is 0.971 bits per heavy atom. The third-order valence-electron chi connectivity index (χ3n) is 5.38. The standard InChI is InChI=1S/C24H30N4O6S/c1-4-32-20-15-17(16-21(33-5-2)22(20)34-6-3)23(29)25-24(35)27-13-11-26(12-14-27)18-7-9-19(10-8-18)28(30)31/h7-10,15-16H,4-6,11-14H2,1-3H3,(H,25,29,35). The van der Waals surface area contributed by atoms with Gasteiger partial charge in [-0.2, -0.15) is 0 Å². The van der Waals surface area contributed by atoms with E-state index in [0.29, 0.717) is 73.9 Å². The molecule has 2 aromatic rings. The van der Waals surface area contributed by atoms with E-state index in [-0.39, 0.29) is 11.6 Å². The van der Waals surface area contributed by atoms with Crippen LogP contribution in [0.25, 0.3) is 0 Å². The fourth-order valence-corrected chi connectivity index (χ4v) is 4.00. The highest BCUT2D eigenvalue weighted by Gasteiger charge is 2.23. The minimum atomic E-state index is -0.415. The van der Waals surface area contributed by atoms with Gasteiger partial charge >= 0.3 is 0 Å². The fourth-order valence-electron chi connectivity index (χ4n) is 3.72. The number of nitrogens with zero attached hydrogens (tertiary/aromatic N) is 3. The lowest BCUT2D eigenvalue weighted by atomic mass is 10.1. The highest BCUT2D eigenvalue weighted by Crippen LogP contribution is 2.39. The van der Waals surface area contributed by atoms with E-state index in [2.05, 4.69) is 10.2 Å². The summed E-state index contributed by atoms with van der Waals surface area (Å²) in [5.41, 5.74) is 1.32. The zero-order chi connectivity index (χ0) is 25.4. The molecule has 0 unspecified atom stereocenters. The van der Waals surface area contributed by atoms with Crippen LogP contribution in [0.4, 0.5) is 11.4 Å². The molecule has 1 aliphatic heterocycles. The van der Waals surface area contributed by atoms with Gasteiger partial charge in [0.2, 0.25) is 5.75 Å². The van der Waals surface area contributed by atoms with Gasteiger partial charge in [-0.1, -0.05) is 0 Å². The zero-order valence-electron chi connectivity index (χ0n) is 20.1. The number of non-ortho nitro benzene ring substituents is 1. The summed E-state index contributed by atoms with van der Waals surface area (Å²) in [6.45, 7) is 9.37. The van der Waals surface area contributed by atoms with Crippen molar-refractivity contribution in [2.75, 3.05) is 50.9 Å². The number of anilines is 1. The first kappa shape index (κ1) is 26.0. The quantitative estimate of drug-likeness (QED) is 0.312. The molecular weight excluding hydrogens is 472 g/mol. The molecule has 0 aromatic heterocycles. The van der Waals surface area contributed by atoms with Crippen molar-refractivity contribution in [3.05, 3.63) is 52.1 Å².